The number of rotatable bonds is 8. The van der Waals surface area contributed by atoms with Crippen molar-refractivity contribution < 1.29 is 14.3 Å². The van der Waals surface area contributed by atoms with Gasteiger partial charge in [-0.3, -0.25) is 4.79 Å². The predicted molar refractivity (Wildman–Crippen MR) is 141 cm³/mol. The summed E-state index contributed by atoms with van der Waals surface area (Å²) in [5.41, 5.74) is 4.78. The molecule has 0 unspecified atom stereocenters. The summed E-state index contributed by atoms with van der Waals surface area (Å²) in [4.78, 5) is 33.2. The Bertz CT molecular complexity index is 1200. The molecule has 0 fully saturated rings. The van der Waals surface area contributed by atoms with Crippen molar-refractivity contribution in [2.45, 2.75) is 52.6 Å². The Morgan fingerprint density at radius 1 is 1.14 bits per heavy atom. The molecule has 2 heterocycles. The van der Waals surface area contributed by atoms with Gasteiger partial charge in [-0.15, -0.1) is 0 Å². The molecule has 35 heavy (non-hydrogen) atoms. The third kappa shape index (κ3) is 5.35. The van der Waals surface area contributed by atoms with Gasteiger partial charge in [-0.25, -0.2) is 9.79 Å². The largest absolute Gasteiger partial charge is 0.463 e. The number of amidine groups is 1. The number of nitrogens with zero attached hydrogens (tertiary/aromatic N) is 2. The second-order valence-corrected chi connectivity index (χ2v) is 9.55. The highest BCUT2D eigenvalue weighted by atomic mass is 32.2. The summed E-state index contributed by atoms with van der Waals surface area (Å²) in [6.45, 7) is 8.13. The lowest BCUT2D eigenvalue weighted by atomic mass is 9.90. The van der Waals surface area contributed by atoms with E-state index in [2.05, 4.69) is 11.4 Å². The Balaban J connectivity index is 1.84. The maximum atomic E-state index is 13.5. The first kappa shape index (κ1) is 24.8. The Labute approximate surface area is 211 Å². The van der Waals surface area contributed by atoms with E-state index in [9.17, 15) is 9.59 Å². The van der Waals surface area contributed by atoms with E-state index in [4.69, 9.17) is 9.73 Å². The van der Waals surface area contributed by atoms with Gasteiger partial charge in [0, 0.05) is 17.3 Å². The topological polar surface area (TPSA) is 71.0 Å². The van der Waals surface area contributed by atoms with E-state index in [0.717, 1.165) is 34.0 Å². The summed E-state index contributed by atoms with van der Waals surface area (Å²) in [5.74, 6) is -0.452. The van der Waals surface area contributed by atoms with Gasteiger partial charge in [0.25, 0.3) is 0 Å². The summed E-state index contributed by atoms with van der Waals surface area (Å²) in [7, 11) is 0. The molecule has 0 aliphatic carbocycles. The summed E-state index contributed by atoms with van der Waals surface area (Å²) in [5, 5.41) is 5.76. The Morgan fingerprint density at radius 2 is 1.91 bits per heavy atom. The molecule has 4 rings (SSSR count). The minimum absolute atomic E-state index is 0.0500. The SMILES string of the molecule is CCOC(=O)C1=C(c2ccccc2)N=C2SC=C(CC(=O)N[C@H](C)CC)N2[C@@H]1c1cccc(C)c1. The van der Waals surface area contributed by atoms with Crippen LogP contribution in [0.5, 0.6) is 0 Å². The van der Waals surface area contributed by atoms with Crippen LogP contribution in [0.3, 0.4) is 0 Å². The second kappa shape index (κ2) is 11.0. The molecule has 0 aromatic heterocycles. The fourth-order valence-corrected chi connectivity index (χ4v) is 5.16. The maximum absolute atomic E-state index is 13.5. The lowest BCUT2D eigenvalue weighted by Crippen LogP contribution is -2.39. The van der Waals surface area contributed by atoms with Crippen molar-refractivity contribution >= 4 is 34.5 Å². The third-order valence-electron chi connectivity index (χ3n) is 6.07. The highest BCUT2D eigenvalue weighted by Gasteiger charge is 2.42. The van der Waals surface area contributed by atoms with Crippen molar-refractivity contribution in [3.63, 3.8) is 0 Å². The van der Waals surface area contributed by atoms with Crippen LogP contribution < -0.4 is 5.32 Å². The normalized spacial score (nSPS) is 17.9. The van der Waals surface area contributed by atoms with Gasteiger partial charge in [0.1, 0.15) is 0 Å². The summed E-state index contributed by atoms with van der Waals surface area (Å²) >= 11 is 1.48. The van der Waals surface area contributed by atoms with Gasteiger partial charge in [-0.2, -0.15) is 0 Å². The van der Waals surface area contributed by atoms with Crippen molar-refractivity contribution in [1.82, 2.24) is 10.2 Å². The van der Waals surface area contributed by atoms with Crippen LogP contribution in [0.1, 0.15) is 56.3 Å². The molecular formula is C28H31N3O3S. The maximum Gasteiger partial charge on any atom is 0.338 e. The van der Waals surface area contributed by atoms with E-state index in [1.807, 2.05) is 79.6 Å². The van der Waals surface area contributed by atoms with Crippen LogP contribution in [0.2, 0.25) is 0 Å². The lowest BCUT2D eigenvalue weighted by molar-refractivity contribution is -0.139. The fraction of sp³-hybridized carbons (Fsp3) is 0.321. The first-order valence-corrected chi connectivity index (χ1v) is 12.9. The van der Waals surface area contributed by atoms with Crippen LogP contribution in [-0.2, 0) is 14.3 Å². The van der Waals surface area contributed by atoms with Gasteiger partial charge in [0.2, 0.25) is 5.91 Å². The molecule has 0 saturated carbocycles. The first-order chi connectivity index (χ1) is 16.9. The molecule has 7 heteroatoms. The van der Waals surface area contributed by atoms with E-state index in [1.165, 1.54) is 11.8 Å². The molecule has 6 nitrogen and oxygen atoms in total. The minimum Gasteiger partial charge on any atom is -0.463 e. The second-order valence-electron chi connectivity index (χ2n) is 8.71. The van der Waals surface area contributed by atoms with E-state index in [1.54, 1.807) is 6.92 Å². The van der Waals surface area contributed by atoms with Crippen LogP contribution in [0.25, 0.3) is 5.70 Å². The molecule has 1 amide bonds. The summed E-state index contributed by atoms with van der Waals surface area (Å²) in [6.07, 6.45) is 1.06. The number of hydrogen-bond acceptors (Lipinski definition) is 6. The van der Waals surface area contributed by atoms with Crippen molar-refractivity contribution in [2.24, 2.45) is 4.99 Å². The number of ether oxygens (including phenoxy) is 1. The van der Waals surface area contributed by atoms with Gasteiger partial charge in [0.05, 0.1) is 30.3 Å². The number of carbonyl (C=O) groups is 2. The van der Waals surface area contributed by atoms with E-state index in [0.29, 0.717) is 11.3 Å². The molecule has 0 bridgehead atoms. The molecule has 2 aromatic carbocycles. The number of aliphatic imine (C=N–C) groups is 1. The summed E-state index contributed by atoms with van der Waals surface area (Å²) in [6, 6.07) is 17.5. The van der Waals surface area contributed by atoms with Gasteiger partial charge in [-0.1, -0.05) is 78.8 Å². The Morgan fingerprint density at radius 3 is 2.60 bits per heavy atom. The van der Waals surface area contributed by atoms with E-state index < -0.39 is 12.0 Å². The summed E-state index contributed by atoms with van der Waals surface area (Å²) < 4.78 is 5.55. The van der Waals surface area contributed by atoms with Gasteiger partial charge in [-0.05, 0) is 38.2 Å². The van der Waals surface area contributed by atoms with Crippen LogP contribution in [0, 0.1) is 6.92 Å². The van der Waals surface area contributed by atoms with Crippen molar-refractivity contribution in [1.29, 1.82) is 0 Å². The molecule has 0 radical (unpaired) electrons. The quantitative estimate of drug-likeness (QED) is 0.491. The highest BCUT2D eigenvalue weighted by molar-refractivity contribution is 8.16. The fourth-order valence-electron chi connectivity index (χ4n) is 4.24. The van der Waals surface area contributed by atoms with Gasteiger partial charge in [0.15, 0.2) is 5.17 Å². The number of esters is 1. The van der Waals surface area contributed by atoms with Gasteiger partial charge >= 0.3 is 5.97 Å². The van der Waals surface area contributed by atoms with Crippen molar-refractivity contribution in [2.75, 3.05) is 6.61 Å². The standard InChI is InChI=1S/C28H31N3O3S/c1-5-19(4)29-23(32)16-22-17-35-28-30-25(20-12-8-7-9-13-20)24(27(33)34-6-2)26(31(22)28)21-14-10-11-18(3)15-21/h7-15,17,19,26H,5-6,16H2,1-4H3,(H,29,32)/t19-,26-/m1/s1. The number of thioether (sulfide) groups is 1. The third-order valence-corrected chi connectivity index (χ3v) is 6.96. The number of amides is 1. The van der Waals surface area contributed by atoms with E-state index in [-0.39, 0.29) is 25.0 Å². The zero-order chi connectivity index (χ0) is 24.9. The van der Waals surface area contributed by atoms with Crippen LogP contribution in [0.15, 0.2) is 76.3 Å². The molecule has 182 valence electrons. The molecule has 2 aliphatic heterocycles. The molecule has 2 atom stereocenters. The van der Waals surface area contributed by atoms with Crippen molar-refractivity contribution in [3.8, 4) is 0 Å². The highest BCUT2D eigenvalue weighted by Crippen LogP contribution is 2.47. The molecule has 0 spiro atoms. The number of nitrogens with one attached hydrogen (secondary N) is 1. The molecule has 1 N–H and O–H groups in total. The molecule has 2 aromatic rings. The molecule has 2 aliphatic rings. The number of hydrogen-bond donors (Lipinski definition) is 1. The van der Waals surface area contributed by atoms with E-state index >= 15 is 0 Å². The van der Waals surface area contributed by atoms with Crippen LogP contribution in [-0.4, -0.2) is 34.6 Å². The first-order valence-electron chi connectivity index (χ1n) is 12.0. The Kier molecular flexibility index (Phi) is 7.76. The number of fused-ring (bicyclic) bond motifs is 1. The zero-order valence-electron chi connectivity index (χ0n) is 20.6. The number of carbonyl (C=O) groups excluding carboxylic acids is 2. The van der Waals surface area contributed by atoms with Crippen LogP contribution >= 0.6 is 11.8 Å². The average Bonchev–Trinajstić information content (AvgIpc) is 3.25. The Hall–Kier alpha value is -3.32. The molecule has 0 saturated heterocycles. The van der Waals surface area contributed by atoms with Gasteiger partial charge < -0.3 is 15.0 Å². The lowest BCUT2D eigenvalue weighted by Gasteiger charge is -2.37. The zero-order valence-corrected chi connectivity index (χ0v) is 21.4. The monoisotopic (exact) mass is 489 g/mol. The average molecular weight is 490 g/mol. The number of aryl methyl sites for hydroxylation is 1. The van der Waals surface area contributed by atoms with Crippen LogP contribution in [0.4, 0.5) is 0 Å². The molecular weight excluding hydrogens is 458 g/mol. The minimum atomic E-state index is -0.464. The predicted octanol–water partition coefficient (Wildman–Crippen LogP) is 5.58. The van der Waals surface area contributed by atoms with Crippen molar-refractivity contribution in [3.05, 3.63) is 88.0 Å². The number of benzene rings is 2. The smallest absolute Gasteiger partial charge is 0.338 e.